The Labute approximate surface area is 112 Å². The van der Waals surface area contributed by atoms with Gasteiger partial charge in [-0.2, -0.15) is 0 Å². The molecule has 0 amide bonds. The summed E-state index contributed by atoms with van der Waals surface area (Å²) in [6, 6.07) is 7.54. The lowest BCUT2D eigenvalue weighted by Crippen LogP contribution is -2.35. The third kappa shape index (κ3) is 2.83. The van der Waals surface area contributed by atoms with E-state index < -0.39 is 0 Å². The van der Waals surface area contributed by atoms with Crippen molar-refractivity contribution in [3.63, 3.8) is 0 Å². The van der Waals surface area contributed by atoms with Gasteiger partial charge in [-0.1, -0.05) is 25.0 Å². The standard InChI is InChI=1S/C15H18O4/c16-15(11-5-1-2-6-11)18-10-12-9-17-13-7-3-4-8-14(13)19-12/h3-4,7-8,11-12H,1-2,5-6,9-10H2. The fraction of sp³-hybridized carbons (Fsp3) is 0.533. The lowest BCUT2D eigenvalue weighted by atomic mass is 10.1. The average Bonchev–Trinajstić information content (AvgIpc) is 2.99. The number of ether oxygens (including phenoxy) is 3. The molecule has 1 unspecified atom stereocenters. The van der Waals surface area contributed by atoms with Gasteiger partial charge in [0.1, 0.15) is 13.2 Å². The molecule has 1 aliphatic heterocycles. The number of carbonyl (C=O) groups is 1. The normalized spacial score (nSPS) is 22.2. The van der Waals surface area contributed by atoms with Crippen molar-refractivity contribution in [2.75, 3.05) is 13.2 Å². The van der Waals surface area contributed by atoms with Gasteiger partial charge in [0.25, 0.3) is 0 Å². The summed E-state index contributed by atoms with van der Waals surface area (Å²) in [5, 5.41) is 0. The van der Waals surface area contributed by atoms with Crippen LogP contribution in [0.5, 0.6) is 11.5 Å². The fourth-order valence-corrected chi connectivity index (χ4v) is 2.60. The first-order chi connectivity index (χ1) is 9.33. The molecule has 0 aromatic heterocycles. The van der Waals surface area contributed by atoms with Crippen molar-refractivity contribution < 1.29 is 19.0 Å². The van der Waals surface area contributed by atoms with Crippen molar-refractivity contribution in [3.05, 3.63) is 24.3 Å². The SMILES string of the molecule is O=C(OCC1COc2ccccc2O1)C1CCCC1. The summed E-state index contributed by atoms with van der Waals surface area (Å²) in [6.07, 6.45) is 3.99. The van der Waals surface area contributed by atoms with E-state index in [0.717, 1.165) is 37.2 Å². The first-order valence-corrected chi connectivity index (χ1v) is 6.88. The second kappa shape index (κ2) is 5.51. The van der Waals surface area contributed by atoms with Crippen molar-refractivity contribution in [1.82, 2.24) is 0 Å². The van der Waals surface area contributed by atoms with E-state index in [1.54, 1.807) is 0 Å². The Hall–Kier alpha value is -1.71. The van der Waals surface area contributed by atoms with E-state index in [1.807, 2.05) is 24.3 Å². The minimum Gasteiger partial charge on any atom is -0.486 e. The molecule has 19 heavy (non-hydrogen) atoms. The van der Waals surface area contributed by atoms with Gasteiger partial charge in [0.2, 0.25) is 0 Å². The van der Waals surface area contributed by atoms with E-state index >= 15 is 0 Å². The Balaban J connectivity index is 1.50. The summed E-state index contributed by atoms with van der Waals surface area (Å²) in [7, 11) is 0. The second-order valence-electron chi connectivity index (χ2n) is 5.11. The van der Waals surface area contributed by atoms with Crippen molar-refractivity contribution in [1.29, 1.82) is 0 Å². The van der Waals surface area contributed by atoms with Crippen LogP contribution in [0.25, 0.3) is 0 Å². The Morgan fingerprint density at radius 2 is 1.95 bits per heavy atom. The number of carbonyl (C=O) groups excluding carboxylic acids is 1. The quantitative estimate of drug-likeness (QED) is 0.785. The predicted molar refractivity (Wildman–Crippen MR) is 69.3 cm³/mol. The Morgan fingerprint density at radius 3 is 2.74 bits per heavy atom. The summed E-state index contributed by atoms with van der Waals surface area (Å²) in [6.45, 7) is 0.693. The highest BCUT2D eigenvalue weighted by atomic mass is 16.6. The van der Waals surface area contributed by atoms with Crippen LogP contribution in [0.4, 0.5) is 0 Å². The first kappa shape index (κ1) is 12.3. The highest BCUT2D eigenvalue weighted by molar-refractivity contribution is 5.72. The molecule has 4 heteroatoms. The molecule has 1 atom stereocenters. The predicted octanol–water partition coefficient (Wildman–Crippen LogP) is 2.56. The molecule has 0 radical (unpaired) electrons. The van der Waals surface area contributed by atoms with Crippen LogP contribution in [-0.2, 0) is 9.53 Å². The minimum atomic E-state index is -0.208. The van der Waals surface area contributed by atoms with Gasteiger partial charge in [-0.15, -0.1) is 0 Å². The van der Waals surface area contributed by atoms with Crippen LogP contribution in [-0.4, -0.2) is 25.3 Å². The molecule has 1 saturated carbocycles. The molecule has 1 heterocycles. The molecule has 4 nitrogen and oxygen atoms in total. The number of esters is 1. The molecule has 0 N–H and O–H groups in total. The van der Waals surface area contributed by atoms with E-state index in [2.05, 4.69) is 0 Å². The van der Waals surface area contributed by atoms with Crippen LogP contribution >= 0.6 is 0 Å². The summed E-state index contributed by atoms with van der Waals surface area (Å²) < 4.78 is 16.7. The third-order valence-corrected chi connectivity index (χ3v) is 3.67. The molecule has 1 aliphatic carbocycles. The third-order valence-electron chi connectivity index (χ3n) is 3.67. The fourth-order valence-electron chi connectivity index (χ4n) is 2.60. The topological polar surface area (TPSA) is 44.8 Å². The maximum Gasteiger partial charge on any atom is 0.309 e. The average molecular weight is 262 g/mol. The summed E-state index contributed by atoms with van der Waals surface area (Å²) in [5.41, 5.74) is 0. The number of benzene rings is 1. The van der Waals surface area contributed by atoms with Gasteiger partial charge in [-0.3, -0.25) is 4.79 Å². The maximum absolute atomic E-state index is 11.8. The zero-order valence-corrected chi connectivity index (χ0v) is 10.8. The van der Waals surface area contributed by atoms with Gasteiger partial charge in [0.15, 0.2) is 17.6 Å². The van der Waals surface area contributed by atoms with Crippen LogP contribution < -0.4 is 9.47 Å². The molecule has 0 bridgehead atoms. The molecular formula is C15H18O4. The van der Waals surface area contributed by atoms with Gasteiger partial charge >= 0.3 is 5.97 Å². The van der Waals surface area contributed by atoms with Gasteiger partial charge in [-0.05, 0) is 25.0 Å². The van der Waals surface area contributed by atoms with Crippen LogP contribution in [0.3, 0.4) is 0 Å². The van der Waals surface area contributed by atoms with Crippen LogP contribution in [0.15, 0.2) is 24.3 Å². The largest absolute Gasteiger partial charge is 0.486 e. The molecule has 1 aromatic carbocycles. The van der Waals surface area contributed by atoms with Gasteiger partial charge in [-0.25, -0.2) is 0 Å². The highest BCUT2D eigenvalue weighted by Crippen LogP contribution is 2.31. The van der Waals surface area contributed by atoms with Crippen LogP contribution in [0.2, 0.25) is 0 Å². The number of fused-ring (bicyclic) bond motifs is 1. The zero-order chi connectivity index (χ0) is 13.1. The van der Waals surface area contributed by atoms with Crippen molar-refractivity contribution in [2.24, 2.45) is 5.92 Å². The van der Waals surface area contributed by atoms with Crippen molar-refractivity contribution in [2.45, 2.75) is 31.8 Å². The Kier molecular flexibility index (Phi) is 3.58. The summed E-state index contributed by atoms with van der Waals surface area (Å²) in [4.78, 5) is 11.8. The molecule has 0 spiro atoms. The van der Waals surface area contributed by atoms with Crippen LogP contribution in [0.1, 0.15) is 25.7 Å². The minimum absolute atomic E-state index is 0.0834. The van der Waals surface area contributed by atoms with Crippen LogP contribution in [0, 0.1) is 5.92 Å². The summed E-state index contributed by atoms with van der Waals surface area (Å²) >= 11 is 0. The maximum atomic E-state index is 11.8. The second-order valence-corrected chi connectivity index (χ2v) is 5.11. The Morgan fingerprint density at radius 1 is 1.21 bits per heavy atom. The van der Waals surface area contributed by atoms with E-state index in [1.165, 1.54) is 0 Å². The van der Waals surface area contributed by atoms with E-state index in [0.29, 0.717) is 6.61 Å². The molecule has 1 aromatic rings. The van der Waals surface area contributed by atoms with Crippen molar-refractivity contribution >= 4 is 5.97 Å². The van der Waals surface area contributed by atoms with Gasteiger partial charge < -0.3 is 14.2 Å². The van der Waals surface area contributed by atoms with E-state index in [4.69, 9.17) is 14.2 Å². The highest BCUT2D eigenvalue weighted by Gasteiger charge is 2.27. The molecule has 1 fully saturated rings. The molecule has 0 saturated heterocycles. The number of para-hydroxylation sites is 2. The van der Waals surface area contributed by atoms with Gasteiger partial charge in [0.05, 0.1) is 5.92 Å². The molecular weight excluding hydrogens is 244 g/mol. The smallest absolute Gasteiger partial charge is 0.309 e. The molecule has 102 valence electrons. The Bertz CT molecular complexity index is 451. The lowest BCUT2D eigenvalue weighted by Gasteiger charge is -2.26. The number of rotatable bonds is 3. The number of hydrogen-bond acceptors (Lipinski definition) is 4. The van der Waals surface area contributed by atoms with E-state index in [9.17, 15) is 4.79 Å². The molecule has 3 rings (SSSR count). The van der Waals surface area contributed by atoms with E-state index in [-0.39, 0.29) is 24.6 Å². The zero-order valence-electron chi connectivity index (χ0n) is 10.8. The summed E-state index contributed by atoms with van der Waals surface area (Å²) in [5.74, 6) is 1.48. The molecule has 2 aliphatic rings. The number of hydrogen-bond donors (Lipinski definition) is 0. The van der Waals surface area contributed by atoms with Gasteiger partial charge in [0, 0.05) is 0 Å². The monoisotopic (exact) mass is 262 g/mol. The lowest BCUT2D eigenvalue weighted by molar-refractivity contribution is -0.151. The first-order valence-electron chi connectivity index (χ1n) is 6.88. The van der Waals surface area contributed by atoms with Crippen molar-refractivity contribution in [3.8, 4) is 11.5 Å².